The van der Waals surface area contributed by atoms with Crippen molar-refractivity contribution < 1.29 is 9.18 Å². The van der Waals surface area contributed by atoms with Crippen LogP contribution in [-0.2, 0) is 17.8 Å². The van der Waals surface area contributed by atoms with Gasteiger partial charge in [-0.25, -0.2) is 4.39 Å². The molecule has 1 aromatic carbocycles. The van der Waals surface area contributed by atoms with Crippen LogP contribution in [0.15, 0.2) is 46.1 Å². The average Bonchev–Trinajstić information content (AvgIpc) is 3.36. The molecule has 0 aliphatic carbocycles. The number of aromatic nitrogens is 2. The second-order valence-corrected chi connectivity index (χ2v) is 9.19. The second-order valence-electron chi connectivity index (χ2n) is 5.96. The largest absolute Gasteiger partial charge is 0.360 e. The summed E-state index contributed by atoms with van der Waals surface area (Å²) >= 11 is 4.57. The van der Waals surface area contributed by atoms with E-state index in [-0.39, 0.29) is 17.5 Å². The van der Waals surface area contributed by atoms with Gasteiger partial charge >= 0.3 is 0 Å². The Kier molecular flexibility index (Phi) is 7.81. The Balaban J connectivity index is 1.44. The number of nitrogens with zero attached hydrogens (tertiary/aromatic N) is 3. The molecule has 28 heavy (non-hydrogen) atoms. The van der Waals surface area contributed by atoms with Crippen molar-refractivity contribution in [2.24, 2.45) is 0 Å². The third kappa shape index (κ3) is 6.29. The van der Waals surface area contributed by atoms with E-state index in [1.54, 1.807) is 22.3 Å². The Morgan fingerprint density at radius 1 is 1.29 bits per heavy atom. The molecule has 0 saturated heterocycles. The maximum atomic E-state index is 13.3. The molecule has 0 spiro atoms. The second kappa shape index (κ2) is 10.5. The van der Waals surface area contributed by atoms with E-state index in [0.717, 1.165) is 28.0 Å². The minimum atomic E-state index is -0.289. The molecular weight excluding hydrogens is 415 g/mol. The fourth-order valence-electron chi connectivity index (χ4n) is 2.53. The summed E-state index contributed by atoms with van der Waals surface area (Å²) < 4.78 is 14.1. The molecule has 0 unspecified atom stereocenters. The number of benzene rings is 1. The first-order chi connectivity index (χ1) is 13.6. The standard InChI is InChI=1S/C19H21FN4OS3/c1-2-24(12-14-5-3-6-15(20)11-14)17(25)13-27-19-23-22-18(28-19)21-9-8-16-7-4-10-26-16/h3-7,10-11H,2,8-9,12-13H2,1H3,(H,21,22). The summed E-state index contributed by atoms with van der Waals surface area (Å²) in [4.78, 5) is 15.5. The highest BCUT2D eigenvalue weighted by molar-refractivity contribution is 8.01. The summed E-state index contributed by atoms with van der Waals surface area (Å²) in [6, 6.07) is 10.5. The summed E-state index contributed by atoms with van der Waals surface area (Å²) in [5.74, 6) is -0.00464. The lowest BCUT2D eigenvalue weighted by Gasteiger charge is -2.20. The van der Waals surface area contributed by atoms with Gasteiger partial charge in [-0.2, -0.15) is 0 Å². The van der Waals surface area contributed by atoms with Gasteiger partial charge in [-0.3, -0.25) is 4.79 Å². The smallest absolute Gasteiger partial charge is 0.233 e. The van der Waals surface area contributed by atoms with Crippen LogP contribution < -0.4 is 5.32 Å². The Morgan fingerprint density at radius 2 is 2.18 bits per heavy atom. The third-order valence-electron chi connectivity index (χ3n) is 3.95. The molecule has 0 atom stereocenters. The number of rotatable bonds is 10. The fourth-order valence-corrected chi connectivity index (χ4v) is 4.92. The minimum absolute atomic E-state index is 0.000772. The molecule has 5 nitrogen and oxygen atoms in total. The number of nitrogens with one attached hydrogen (secondary N) is 1. The molecule has 0 radical (unpaired) electrons. The van der Waals surface area contributed by atoms with Crippen molar-refractivity contribution in [3.63, 3.8) is 0 Å². The van der Waals surface area contributed by atoms with E-state index < -0.39 is 0 Å². The van der Waals surface area contributed by atoms with Gasteiger partial charge in [-0.1, -0.05) is 41.3 Å². The van der Waals surface area contributed by atoms with Gasteiger partial charge in [0.2, 0.25) is 11.0 Å². The molecule has 3 rings (SSSR count). The number of hydrogen-bond donors (Lipinski definition) is 1. The molecule has 1 amide bonds. The highest BCUT2D eigenvalue weighted by Gasteiger charge is 2.14. The molecule has 3 aromatic rings. The normalized spacial score (nSPS) is 10.8. The molecule has 2 heterocycles. The van der Waals surface area contributed by atoms with Crippen LogP contribution in [0.5, 0.6) is 0 Å². The van der Waals surface area contributed by atoms with Gasteiger partial charge in [0.25, 0.3) is 0 Å². The van der Waals surface area contributed by atoms with E-state index in [0.29, 0.717) is 13.1 Å². The quantitative estimate of drug-likeness (QED) is 0.473. The van der Waals surface area contributed by atoms with Crippen LogP contribution in [0.4, 0.5) is 9.52 Å². The van der Waals surface area contributed by atoms with E-state index in [1.807, 2.05) is 19.1 Å². The molecular formula is C19H21FN4OS3. The van der Waals surface area contributed by atoms with Crippen molar-refractivity contribution >= 4 is 45.5 Å². The zero-order valence-corrected chi connectivity index (χ0v) is 17.9. The molecule has 0 saturated carbocycles. The van der Waals surface area contributed by atoms with Gasteiger partial charge in [-0.15, -0.1) is 21.5 Å². The molecule has 2 aromatic heterocycles. The van der Waals surface area contributed by atoms with Crippen molar-refractivity contribution in [1.29, 1.82) is 0 Å². The van der Waals surface area contributed by atoms with Crippen LogP contribution in [0.3, 0.4) is 0 Å². The van der Waals surface area contributed by atoms with Crippen molar-refractivity contribution in [2.45, 2.75) is 24.2 Å². The lowest BCUT2D eigenvalue weighted by Crippen LogP contribution is -2.31. The minimum Gasteiger partial charge on any atom is -0.360 e. The lowest BCUT2D eigenvalue weighted by atomic mass is 10.2. The maximum Gasteiger partial charge on any atom is 0.233 e. The van der Waals surface area contributed by atoms with Crippen molar-refractivity contribution in [3.8, 4) is 0 Å². The Hall–Kier alpha value is -1.97. The topological polar surface area (TPSA) is 58.1 Å². The third-order valence-corrected chi connectivity index (χ3v) is 6.89. The van der Waals surface area contributed by atoms with Crippen molar-refractivity contribution in [3.05, 3.63) is 58.0 Å². The van der Waals surface area contributed by atoms with Gasteiger partial charge < -0.3 is 10.2 Å². The number of thiophene rings is 1. The fraction of sp³-hybridized carbons (Fsp3) is 0.316. The van der Waals surface area contributed by atoms with Gasteiger partial charge in [0.1, 0.15) is 5.82 Å². The van der Waals surface area contributed by atoms with Crippen LogP contribution in [0.1, 0.15) is 17.4 Å². The first kappa shape index (κ1) is 20.8. The first-order valence-corrected chi connectivity index (χ1v) is 11.6. The Morgan fingerprint density at radius 3 is 2.93 bits per heavy atom. The first-order valence-electron chi connectivity index (χ1n) is 8.89. The Labute approximate surface area is 176 Å². The number of halogens is 1. The van der Waals surface area contributed by atoms with E-state index in [2.05, 4.69) is 27.0 Å². The zero-order valence-electron chi connectivity index (χ0n) is 15.4. The highest BCUT2D eigenvalue weighted by atomic mass is 32.2. The summed E-state index contributed by atoms with van der Waals surface area (Å²) in [5.41, 5.74) is 0.786. The summed E-state index contributed by atoms with van der Waals surface area (Å²) in [7, 11) is 0. The van der Waals surface area contributed by atoms with Crippen LogP contribution in [-0.4, -0.2) is 39.8 Å². The van der Waals surface area contributed by atoms with Crippen LogP contribution >= 0.6 is 34.4 Å². The number of thioether (sulfide) groups is 1. The molecule has 0 aliphatic heterocycles. The van der Waals surface area contributed by atoms with Crippen LogP contribution in [0, 0.1) is 5.82 Å². The predicted octanol–water partition coefficient (Wildman–Crippen LogP) is 4.53. The highest BCUT2D eigenvalue weighted by Crippen LogP contribution is 2.26. The SMILES string of the molecule is CCN(Cc1cccc(F)c1)C(=O)CSc1nnc(NCCc2cccs2)s1. The number of hydrogen-bond acceptors (Lipinski definition) is 7. The van der Waals surface area contributed by atoms with Crippen LogP contribution in [0.25, 0.3) is 0 Å². The van der Waals surface area contributed by atoms with E-state index in [1.165, 1.54) is 40.1 Å². The molecule has 148 valence electrons. The molecule has 1 N–H and O–H groups in total. The maximum absolute atomic E-state index is 13.3. The lowest BCUT2D eigenvalue weighted by molar-refractivity contribution is -0.128. The van der Waals surface area contributed by atoms with Crippen molar-refractivity contribution in [1.82, 2.24) is 15.1 Å². The monoisotopic (exact) mass is 436 g/mol. The number of carbonyl (C=O) groups excluding carboxylic acids is 1. The molecule has 0 bridgehead atoms. The van der Waals surface area contributed by atoms with E-state index in [4.69, 9.17) is 0 Å². The molecule has 0 aliphatic rings. The number of anilines is 1. The summed E-state index contributed by atoms with van der Waals surface area (Å²) in [5, 5.41) is 14.4. The number of carbonyl (C=O) groups is 1. The molecule has 9 heteroatoms. The number of amides is 1. The van der Waals surface area contributed by atoms with Gasteiger partial charge in [-0.05, 0) is 42.5 Å². The summed E-state index contributed by atoms with van der Waals surface area (Å²) in [6.07, 6.45) is 0.948. The average molecular weight is 437 g/mol. The van der Waals surface area contributed by atoms with Crippen molar-refractivity contribution in [2.75, 3.05) is 24.2 Å². The zero-order chi connectivity index (χ0) is 19.8. The van der Waals surface area contributed by atoms with Crippen LogP contribution in [0.2, 0.25) is 0 Å². The van der Waals surface area contributed by atoms with E-state index in [9.17, 15) is 9.18 Å². The van der Waals surface area contributed by atoms with Gasteiger partial charge in [0, 0.05) is 24.5 Å². The summed E-state index contributed by atoms with van der Waals surface area (Å²) in [6.45, 7) is 3.69. The predicted molar refractivity (Wildman–Crippen MR) is 115 cm³/mol. The van der Waals surface area contributed by atoms with Gasteiger partial charge in [0.15, 0.2) is 4.34 Å². The molecule has 0 fully saturated rings. The van der Waals surface area contributed by atoms with E-state index >= 15 is 0 Å². The Bertz CT molecular complexity index is 885. The van der Waals surface area contributed by atoms with Gasteiger partial charge in [0.05, 0.1) is 5.75 Å².